The number of carbonyl (C=O) groups is 2. The number of urea groups is 1. The summed E-state index contributed by atoms with van der Waals surface area (Å²) >= 11 is 0. The highest BCUT2D eigenvalue weighted by Crippen LogP contribution is 2.30. The van der Waals surface area contributed by atoms with Gasteiger partial charge < -0.3 is 15.5 Å². The van der Waals surface area contributed by atoms with E-state index < -0.39 is 12.1 Å². The SMILES string of the molecule is Cc1cccc(NC(=O)NC(C(=O)N2CCc3ccccc32)c2ccccc2)c1. The maximum atomic E-state index is 13.4. The summed E-state index contributed by atoms with van der Waals surface area (Å²) in [5, 5.41) is 5.69. The highest BCUT2D eigenvalue weighted by Gasteiger charge is 2.32. The van der Waals surface area contributed by atoms with Crippen LogP contribution in [-0.2, 0) is 11.2 Å². The predicted molar refractivity (Wildman–Crippen MR) is 115 cm³/mol. The fourth-order valence-corrected chi connectivity index (χ4v) is 3.68. The normalized spacial score (nSPS) is 13.5. The number of anilines is 2. The maximum Gasteiger partial charge on any atom is 0.320 e. The Kier molecular flexibility index (Phi) is 5.29. The minimum atomic E-state index is -0.771. The van der Waals surface area contributed by atoms with Gasteiger partial charge in [0.2, 0.25) is 0 Å². The number of aryl methyl sites for hydroxylation is 1. The summed E-state index contributed by atoms with van der Waals surface area (Å²) in [5.74, 6) is -0.138. The molecular formula is C24H23N3O2. The van der Waals surface area contributed by atoms with E-state index in [-0.39, 0.29) is 5.91 Å². The zero-order valence-corrected chi connectivity index (χ0v) is 16.3. The molecule has 29 heavy (non-hydrogen) atoms. The number of hydrogen-bond acceptors (Lipinski definition) is 2. The molecule has 0 aromatic heterocycles. The number of nitrogens with zero attached hydrogens (tertiary/aromatic N) is 1. The summed E-state index contributed by atoms with van der Waals surface area (Å²) < 4.78 is 0. The molecule has 5 nitrogen and oxygen atoms in total. The van der Waals surface area contributed by atoms with E-state index >= 15 is 0 Å². The van der Waals surface area contributed by atoms with E-state index in [1.165, 1.54) is 0 Å². The van der Waals surface area contributed by atoms with Gasteiger partial charge in [0, 0.05) is 17.9 Å². The summed E-state index contributed by atoms with van der Waals surface area (Å²) in [6, 6.07) is 23.6. The van der Waals surface area contributed by atoms with Gasteiger partial charge in [-0.05, 0) is 48.2 Å². The van der Waals surface area contributed by atoms with Gasteiger partial charge in [-0.2, -0.15) is 0 Å². The van der Waals surface area contributed by atoms with E-state index in [9.17, 15) is 9.59 Å². The maximum absolute atomic E-state index is 13.4. The first-order chi connectivity index (χ1) is 14.1. The lowest BCUT2D eigenvalue weighted by Crippen LogP contribution is -2.43. The molecule has 1 heterocycles. The van der Waals surface area contributed by atoms with E-state index in [1.54, 1.807) is 4.90 Å². The van der Waals surface area contributed by atoms with Crippen molar-refractivity contribution in [3.63, 3.8) is 0 Å². The van der Waals surface area contributed by atoms with Crippen molar-refractivity contribution in [3.8, 4) is 0 Å². The lowest BCUT2D eigenvalue weighted by molar-refractivity contribution is -0.120. The largest absolute Gasteiger partial charge is 0.322 e. The molecule has 0 saturated carbocycles. The molecule has 1 atom stereocenters. The highest BCUT2D eigenvalue weighted by molar-refractivity contribution is 6.02. The van der Waals surface area contributed by atoms with Gasteiger partial charge in [0.05, 0.1) is 0 Å². The molecule has 3 amide bonds. The van der Waals surface area contributed by atoms with Crippen LogP contribution in [-0.4, -0.2) is 18.5 Å². The molecular weight excluding hydrogens is 362 g/mol. The second-order valence-corrected chi connectivity index (χ2v) is 7.18. The second kappa shape index (κ2) is 8.19. The molecule has 1 aliphatic rings. The Morgan fingerprint density at radius 1 is 0.931 bits per heavy atom. The fraction of sp³-hybridized carbons (Fsp3) is 0.167. The fourth-order valence-electron chi connectivity index (χ4n) is 3.68. The first-order valence-electron chi connectivity index (χ1n) is 9.70. The van der Waals surface area contributed by atoms with Crippen LogP contribution in [0.5, 0.6) is 0 Å². The first kappa shape index (κ1) is 18.7. The van der Waals surface area contributed by atoms with E-state index in [4.69, 9.17) is 0 Å². The number of fused-ring (bicyclic) bond motifs is 1. The number of para-hydroxylation sites is 1. The van der Waals surface area contributed by atoms with Gasteiger partial charge in [-0.15, -0.1) is 0 Å². The second-order valence-electron chi connectivity index (χ2n) is 7.18. The zero-order chi connectivity index (χ0) is 20.2. The van der Waals surface area contributed by atoms with Gasteiger partial charge >= 0.3 is 6.03 Å². The van der Waals surface area contributed by atoms with E-state index in [0.29, 0.717) is 12.2 Å². The molecule has 0 aliphatic carbocycles. The van der Waals surface area contributed by atoms with Crippen molar-refractivity contribution in [2.24, 2.45) is 0 Å². The Morgan fingerprint density at radius 2 is 1.69 bits per heavy atom. The van der Waals surface area contributed by atoms with Crippen LogP contribution in [0.3, 0.4) is 0 Å². The molecule has 146 valence electrons. The molecule has 0 fully saturated rings. The molecule has 0 bridgehead atoms. The van der Waals surface area contributed by atoms with Gasteiger partial charge in [-0.25, -0.2) is 4.79 Å². The molecule has 2 N–H and O–H groups in total. The lowest BCUT2D eigenvalue weighted by atomic mass is 10.1. The Bertz CT molecular complexity index is 1030. The highest BCUT2D eigenvalue weighted by atomic mass is 16.2. The number of benzene rings is 3. The quantitative estimate of drug-likeness (QED) is 0.697. The van der Waals surface area contributed by atoms with Crippen LogP contribution in [0.25, 0.3) is 0 Å². The molecule has 1 aliphatic heterocycles. The zero-order valence-electron chi connectivity index (χ0n) is 16.3. The molecule has 4 rings (SSSR count). The summed E-state index contributed by atoms with van der Waals surface area (Å²) in [6.07, 6.45) is 0.818. The van der Waals surface area contributed by atoms with Crippen molar-refractivity contribution >= 4 is 23.3 Å². The summed E-state index contributed by atoms with van der Waals surface area (Å²) in [7, 11) is 0. The third kappa shape index (κ3) is 4.14. The van der Waals surface area contributed by atoms with Crippen molar-refractivity contribution in [1.82, 2.24) is 5.32 Å². The van der Waals surface area contributed by atoms with Crippen molar-refractivity contribution in [1.29, 1.82) is 0 Å². The molecule has 0 radical (unpaired) electrons. The van der Waals surface area contributed by atoms with Gasteiger partial charge in [0.1, 0.15) is 6.04 Å². The predicted octanol–water partition coefficient (Wildman–Crippen LogP) is 4.45. The van der Waals surface area contributed by atoms with Crippen molar-refractivity contribution in [3.05, 3.63) is 95.6 Å². The number of nitrogens with one attached hydrogen (secondary N) is 2. The Morgan fingerprint density at radius 3 is 2.48 bits per heavy atom. The van der Waals surface area contributed by atoms with Crippen LogP contribution >= 0.6 is 0 Å². The van der Waals surface area contributed by atoms with Crippen LogP contribution < -0.4 is 15.5 Å². The smallest absolute Gasteiger partial charge is 0.320 e. The third-order valence-corrected chi connectivity index (χ3v) is 5.08. The number of hydrogen-bond donors (Lipinski definition) is 2. The number of carbonyl (C=O) groups excluding carboxylic acids is 2. The van der Waals surface area contributed by atoms with E-state index in [0.717, 1.165) is 28.8 Å². The Labute approximate surface area is 170 Å². The topological polar surface area (TPSA) is 61.4 Å². The van der Waals surface area contributed by atoms with Crippen molar-refractivity contribution in [2.45, 2.75) is 19.4 Å². The van der Waals surface area contributed by atoms with Gasteiger partial charge in [-0.3, -0.25) is 4.79 Å². The van der Waals surface area contributed by atoms with E-state index in [1.807, 2.05) is 85.8 Å². The lowest BCUT2D eigenvalue weighted by Gasteiger charge is -2.25. The molecule has 3 aromatic rings. The van der Waals surface area contributed by atoms with E-state index in [2.05, 4.69) is 10.6 Å². The van der Waals surface area contributed by atoms with Crippen molar-refractivity contribution < 1.29 is 9.59 Å². The molecule has 1 unspecified atom stereocenters. The standard InChI is InChI=1S/C24H23N3O2/c1-17-8-7-12-20(16-17)25-24(29)26-22(19-10-3-2-4-11-19)23(28)27-15-14-18-9-5-6-13-21(18)27/h2-13,16,22H,14-15H2,1H3,(H2,25,26,29). The minimum absolute atomic E-state index is 0.138. The molecule has 3 aromatic carbocycles. The van der Waals surface area contributed by atoms with Crippen LogP contribution in [0.15, 0.2) is 78.9 Å². The van der Waals surface area contributed by atoms with Crippen LogP contribution in [0.4, 0.5) is 16.2 Å². The van der Waals surface area contributed by atoms with Crippen LogP contribution in [0, 0.1) is 6.92 Å². The van der Waals surface area contributed by atoms with Crippen molar-refractivity contribution in [2.75, 3.05) is 16.8 Å². The number of rotatable bonds is 4. The summed E-state index contributed by atoms with van der Waals surface area (Å²) in [4.78, 5) is 27.9. The van der Waals surface area contributed by atoms with Crippen LogP contribution in [0.1, 0.15) is 22.7 Å². The monoisotopic (exact) mass is 385 g/mol. The summed E-state index contributed by atoms with van der Waals surface area (Å²) in [5.41, 5.74) is 4.55. The molecule has 0 saturated heterocycles. The third-order valence-electron chi connectivity index (χ3n) is 5.08. The summed E-state index contributed by atoms with van der Waals surface area (Å²) in [6.45, 7) is 2.58. The average molecular weight is 385 g/mol. The van der Waals surface area contributed by atoms with Gasteiger partial charge in [0.25, 0.3) is 5.91 Å². The minimum Gasteiger partial charge on any atom is -0.322 e. The number of amides is 3. The molecule has 0 spiro atoms. The Hall–Kier alpha value is -3.60. The first-order valence-corrected chi connectivity index (χ1v) is 9.70. The van der Waals surface area contributed by atoms with Gasteiger partial charge in [0.15, 0.2) is 0 Å². The average Bonchev–Trinajstić information content (AvgIpc) is 3.16. The molecule has 5 heteroatoms. The van der Waals surface area contributed by atoms with Gasteiger partial charge in [-0.1, -0.05) is 60.7 Å². The van der Waals surface area contributed by atoms with Crippen LogP contribution in [0.2, 0.25) is 0 Å². The Balaban J connectivity index is 1.57.